The minimum absolute atomic E-state index is 0.0957. The van der Waals surface area contributed by atoms with Crippen molar-refractivity contribution in [3.05, 3.63) is 40.9 Å². The lowest BCUT2D eigenvalue weighted by atomic mass is 9.87. The number of nitrogens with zero attached hydrogens (tertiary/aromatic N) is 1. The van der Waals surface area contributed by atoms with Crippen LogP contribution in [0, 0.1) is 11.8 Å². The van der Waals surface area contributed by atoms with Crippen LogP contribution in [0.3, 0.4) is 0 Å². The standard InChI is InChI=1S/C27H31ClF3NO3/c28-25-23-9-1-16(11-12-32-20-5-6-21(32)15-18(14-20)26(33)34)13-17(23)2-10-24(25)35-22-7-3-19(4-8-22)27(29,30)31/h1-2,9-10,13,18-22H,3-8,11-12,14-15H2,(H,33,34)/t18?,19-,20-,21?,22+/m1/s1. The SMILES string of the molecule is O=C(O)C1CC2CC[C@H](C1)N2CCc1ccc2c(Cl)c(O[C@H]3CC[C@@H](C(F)(F)F)CC3)ccc2c1. The fourth-order valence-corrected chi connectivity index (χ4v) is 6.63. The molecule has 190 valence electrons. The number of piperidine rings is 1. The smallest absolute Gasteiger partial charge is 0.391 e. The predicted octanol–water partition coefficient (Wildman–Crippen LogP) is 6.86. The molecule has 0 aromatic heterocycles. The summed E-state index contributed by atoms with van der Waals surface area (Å²) in [7, 11) is 0. The number of ether oxygens (including phenoxy) is 1. The molecule has 3 atom stereocenters. The molecule has 0 radical (unpaired) electrons. The summed E-state index contributed by atoms with van der Waals surface area (Å²) in [5.74, 6) is -1.57. The van der Waals surface area contributed by atoms with Gasteiger partial charge in [-0.1, -0.05) is 35.9 Å². The Balaban J connectivity index is 1.21. The molecular formula is C27H31ClF3NO3. The first-order valence-corrected chi connectivity index (χ1v) is 13.0. The van der Waals surface area contributed by atoms with Crippen molar-refractivity contribution in [3.63, 3.8) is 0 Å². The number of benzene rings is 2. The maximum Gasteiger partial charge on any atom is 0.391 e. The van der Waals surface area contributed by atoms with Crippen molar-refractivity contribution in [2.45, 2.75) is 82.2 Å². The van der Waals surface area contributed by atoms with Crippen molar-refractivity contribution in [1.29, 1.82) is 0 Å². The highest BCUT2D eigenvalue weighted by Gasteiger charge is 2.43. The average Bonchev–Trinajstić information content (AvgIpc) is 3.05. The monoisotopic (exact) mass is 509 g/mol. The molecule has 3 fully saturated rings. The topological polar surface area (TPSA) is 49.8 Å². The van der Waals surface area contributed by atoms with Crippen molar-refractivity contribution >= 4 is 28.3 Å². The molecule has 2 unspecified atom stereocenters. The maximum atomic E-state index is 12.9. The van der Waals surface area contributed by atoms with E-state index in [2.05, 4.69) is 17.0 Å². The third-order valence-electron chi connectivity index (χ3n) is 8.31. The maximum absolute atomic E-state index is 12.9. The van der Waals surface area contributed by atoms with Crippen molar-refractivity contribution < 1.29 is 27.8 Å². The summed E-state index contributed by atoms with van der Waals surface area (Å²) in [6.07, 6.45) is 1.13. The van der Waals surface area contributed by atoms with Crippen LogP contribution in [0.4, 0.5) is 13.2 Å². The number of hydrogen-bond acceptors (Lipinski definition) is 3. The Morgan fingerprint density at radius 3 is 2.34 bits per heavy atom. The summed E-state index contributed by atoms with van der Waals surface area (Å²) in [5.41, 5.74) is 1.20. The summed E-state index contributed by atoms with van der Waals surface area (Å²) in [6.45, 7) is 0.919. The zero-order valence-corrected chi connectivity index (χ0v) is 20.3. The van der Waals surface area contributed by atoms with Crippen LogP contribution in [0.15, 0.2) is 30.3 Å². The molecule has 35 heavy (non-hydrogen) atoms. The van der Waals surface area contributed by atoms with E-state index in [1.54, 1.807) is 0 Å². The molecule has 4 nitrogen and oxygen atoms in total. The number of carbonyl (C=O) groups is 1. The molecule has 2 aliphatic heterocycles. The number of rotatable bonds is 6. The highest BCUT2D eigenvalue weighted by molar-refractivity contribution is 6.37. The fourth-order valence-electron chi connectivity index (χ4n) is 6.35. The van der Waals surface area contributed by atoms with E-state index in [9.17, 15) is 23.1 Å². The van der Waals surface area contributed by atoms with Gasteiger partial charge in [-0.2, -0.15) is 13.2 Å². The van der Waals surface area contributed by atoms with Gasteiger partial charge in [-0.3, -0.25) is 9.69 Å². The second-order valence-corrected chi connectivity index (χ2v) is 10.8. The van der Waals surface area contributed by atoms with Crippen LogP contribution >= 0.6 is 11.6 Å². The largest absolute Gasteiger partial charge is 0.489 e. The van der Waals surface area contributed by atoms with Gasteiger partial charge in [0.2, 0.25) is 0 Å². The fraction of sp³-hybridized carbons (Fsp3) is 0.593. The molecule has 2 aromatic rings. The highest BCUT2D eigenvalue weighted by atomic mass is 35.5. The molecule has 2 heterocycles. The van der Waals surface area contributed by atoms with Gasteiger partial charge in [0.1, 0.15) is 5.75 Å². The van der Waals surface area contributed by atoms with E-state index < -0.39 is 18.1 Å². The van der Waals surface area contributed by atoms with E-state index in [-0.39, 0.29) is 24.9 Å². The average molecular weight is 510 g/mol. The molecule has 2 bridgehead atoms. The third-order valence-corrected chi connectivity index (χ3v) is 8.70. The van der Waals surface area contributed by atoms with Gasteiger partial charge in [0.25, 0.3) is 0 Å². The second kappa shape index (κ2) is 9.81. The summed E-state index contributed by atoms with van der Waals surface area (Å²) in [4.78, 5) is 13.9. The second-order valence-electron chi connectivity index (χ2n) is 10.4. The lowest BCUT2D eigenvalue weighted by molar-refractivity contribution is -0.185. The Morgan fingerprint density at radius 1 is 1.03 bits per heavy atom. The first-order valence-electron chi connectivity index (χ1n) is 12.6. The zero-order chi connectivity index (χ0) is 24.7. The Kier molecular flexibility index (Phi) is 6.92. The normalized spacial score (nSPS) is 29.4. The van der Waals surface area contributed by atoms with Crippen molar-refractivity contribution in [2.24, 2.45) is 11.8 Å². The van der Waals surface area contributed by atoms with Crippen LogP contribution in [0.1, 0.15) is 56.9 Å². The minimum atomic E-state index is -4.13. The van der Waals surface area contributed by atoms with Crippen LogP contribution in [-0.4, -0.2) is 46.9 Å². The number of alkyl halides is 3. The molecule has 5 rings (SSSR count). The predicted molar refractivity (Wildman–Crippen MR) is 129 cm³/mol. The van der Waals surface area contributed by atoms with Crippen molar-refractivity contribution in [1.82, 2.24) is 4.90 Å². The van der Waals surface area contributed by atoms with E-state index in [4.69, 9.17) is 16.3 Å². The molecule has 3 aliphatic rings. The van der Waals surface area contributed by atoms with E-state index in [1.807, 2.05) is 18.2 Å². The number of hydrogen-bond donors (Lipinski definition) is 1. The lowest BCUT2D eigenvalue weighted by Gasteiger charge is -2.37. The van der Waals surface area contributed by atoms with Crippen LogP contribution < -0.4 is 4.74 Å². The van der Waals surface area contributed by atoms with Crippen molar-refractivity contribution in [2.75, 3.05) is 6.54 Å². The van der Waals surface area contributed by atoms with Gasteiger partial charge in [-0.05, 0) is 74.8 Å². The molecule has 1 N–H and O–H groups in total. The van der Waals surface area contributed by atoms with E-state index in [1.165, 1.54) is 5.56 Å². The highest BCUT2D eigenvalue weighted by Crippen LogP contribution is 2.41. The minimum Gasteiger partial charge on any atom is -0.489 e. The van der Waals surface area contributed by atoms with Gasteiger partial charge in [0.05, 0.1) is 23.0 Å². The zero-order valence-electron chi connectivity index (χ0n) is 19.6. The summed E-state index contributed by atoms with van der Waals surface area (Å²) < 4.78 is 44.8. The molecule has 2 saturated heterocycles. The molecule has 0 amide bonds. The molecule has 1 saturated carbocycles. The van der Waals surface area contributed by atoms with Gasteiger partial charge in [0, 0.05) is 24.0 Å². The molecule has 8 heteroatoms. The number of halogens is 4. The van der Waals surface area contributed by atoms with Crippen LogP contribution in [0.5, 0.6) is 5.75 Å². The van der Waals surface area contributed by atoms with E-state index >= 15 is 0 Å². The van der Waals surface area contributed by atoms with Gasteiger partial charge < -0.3 is 9.84 Å². The summed E-state index contributed by atoms with van der Waals surface area (Å²) in [5, 5.41) is 11.8. The first-order chi connectivity index (χ1) is 16.7. The van der Waals surface area contributed by atoms with Gasteiger partial charge >= 0.3 is 12.1 Å². The number of fused-ring (bicyclic) bond motifs is 3. The van der Waals surface area contributed by atoms with E-state index in [0.29, 0.717) is 35.7 Å². The van der Waals surface area contributed by atoms with Gasteiger partial charge in [-0.15, -0.1) is 0 Å². The van der Waals surface area contributed by atoms with Crippen LogP contribution in [-0.2, 0) is 11.2 Å². The van der Waals surface area contributed by atoms with Gasteiger partial charge in [-0.25, -0.2) is 0 Å². The Morgan fingerprint density at radius 2 is 1.71 bits per heavy atom. The number of carboxylic acids is 1. The summed E-state index contributed by atoms with van der Waals surface area (Å²) in [6, 6.07) is 10.7. The lowest BCUT2D eigenvalue weighted by Crippen LogP contribution is -2.45. The summed E-state index contributed by atoms with van der Waals surface area (Å²) >= 11 is 6.64. The first kappa shape index (κ1) is 24.7. The quantitative estimate of drug-likeness (QED) is 0.462. The molecule has 0 spiro atoms. The molecular weight excluding hydrogens is 479 g/mol. The van der Waals surface area contributed by atoms with Crippen LogP contribution in [0.2, 0.25) is 5.02 Å². The molecule has 1 aliphatic carbocycles. The van der Waals surface area contributed by atoms with Crippen LogP contribution in [0.25, 0.3) is 10.8 Å². The van der Waals surface area contributed by atoms with Gasteiger partial charge in [0.15, 0.2) is 0 Å². The third kappa shape index (κ3) is 5.26. The van der Waals surface area contributed by atoms with E-state index in [0.717, 1.165) is 49.4 Å². The molecule has 2 aromatic carbocycles. The number of aliphatic carboxylic acids is 1. The Bertz CT molecular complexity index is 1070. The Hall–Kier alpha value is -1.99. The Labute approximate surface area is 208 Å². The number of carboxylic acid groups (broad SMARTS) is 1. The van der Waals surface area contributed by atoms with Crippen molar-refractivity contribution in [3.8, 4) is 5.75 Å².